The first kappa shape index (κ1) is 21.4. The minimum Gasteiger partial charge on any atom is -0.496 e. The van der Waals surface area contributed by atoms with Crippen molar-refractivity contribution in [2.45, 2.75) is 51.6 Å². The van der Waals surface area contributed by atoms with Gasteiger partial charge >= 0.3 is 5.97 Å². The van der Waals surface area contributed by atoms with Crippen LogP contribution in [0.4, 0.5) is 0 Å². The maximum atomic E-state index is 11.9. The summed E-state index contributed by atoms with van der Waals surface area (Å²) in [6.07, 6.45) is 9.49. The predicted molar refractivity (Wildman–Crippen MR) is 106 cm³/mol. The van der Waals surface area contributed by atoms with Gasteiger partial charge in [0.2, 0.25) is 0 Å². The molecule has 150 valence electrons. The van der Waals surface area contributed by atoms with Crippen LogP contribution in [0.15, 0.2) is 42.5 Å². The van der Waals surface area contributed by atoms with Crippen molar-refractivity contribution in [2.75, 3.05) is 7.11 Å². The number of nitrogens with one attached hydrogen (secondary N) is 1. The van der Waals surface area contributed by atoms with Crippen LogP contribution in [0.3, 0.4) is 0 Å². The van der Waals surface area contributed by atoms with Gasteiger partial charge in [0.25, 0.3) is 11.8 Å². The summed E-state index contributed by atoms with van der Waals surface area (Å²) < 4.78 is 10.7. The third-order valence-corrected chi connectivity index (χ3v) is 4.52. The molecule has 0 saturated heterocycles. The zero-order chi connectivity index (χ0) is 20.4. The average molecular weight is 385 g/mol. The molecule has 1 aliphatic rings. The number of aryl methyl sites for hydroxylation is 1. The van der Waals surface area contributed by atoms with Crippen LogP contribution in [0.1, 0.15) is 49.7 Å². The molecule has 0 radical (unpaired) electrons. The Labute approximate surface area is 165 Å². The quantitative estimate of drug-likeness (QED) is 0.258. The van der Waals surface area contributed by atoms with Gasteiger partial charge in [0.05, 0.1) is 13.5 Å². The lowest BCUT2D eigenvalue weighted by atomic mass is 10.0. The molecular formula is C22H27NO5. The summed E-state index contributed by atoms with van der Waals surface area (Å²) in [4.78, 5) is 34.4. The normalized spacial score (nSPS) is 13.1. The molecule has 2 amide bonds. The molecule has 1 aromatic rings. The third-order valence-electron chi connectivity index (χ3n) is 4.52. The van der Waals surface area contributed by atoms with Crippen LogP contribution in [0.25, 0.3) is 0 Å². The monoisotopic (exact) mass is 385 g/mol. The Kier molecular flexibility index (Phi) is 8.46. The molecule has 6 heteroatoms. The topological polar surface area (TPSA) is 81.7 Å². The second kappa shape index (κ2) is 11.1. The molecule has 0 aromatic heterocycles. The van der Waals surface area contributed by atoms with Crippen LogP contribution >= 0.6 is 0 Å². The number of hydrogen-bond donors (Lipinski definition) is 1. The lowest BCUT2D eigenvalue weighted by Gasteiger charge is -2.11. The second-order valence-corrected chi connectivity index (χ2v) is 6.71. The standard InChI is InChI=1S/C22H27NO5/c1-3-4-5-6-7-8-9-17-11-10-16(12-19(17)27-2)15-28-21(25)14-18-13-20(24)23-22(18)26/h3,10-13H,1,4-9,14-15H2,2H3,(H,23,24,26). The van der Waals surface area contributed by atoms with E-state index in [1.807, 2.05) is 24.3 Å². The van der Waals surface area contributed by atoms with Crippen molar-refractivity contribution in [1.29, 1.82) is 0 Å². The molecule has 1 aliphatic heterocycles. The molecule has 0 spiro atoms. The van der Waals surface area contributed by atoms with E-state index in [0.29, 0.717) is 0 Å². The van der Waals surface area contributed by atoms with E-state index in [2.05, 4.69) is 11.9 Å². The van der Waals surface area contributed by atoms with Crippen molar-refractivity contribution in [1.82, 2.24) is 5.32 Å². The largest absolute Gasteiger partial charge is 0.496 e. The van der Waals surface area contributed by atoms with E-state index in [4.69, 9.17) is 9.47 Å². The zero-order valence-corrected chi connectivity index (χ0v) is 16.3. The molecular weight excluding hydrogens is 358 g/mol. The summed E-state index contributed by atoms with van der Waals surface area (Å²) in [7, 11) is 1.63. The van der Waals surface area contributed by atoms with E-state index in [9.17, 15) is 14.4 Å². The Balaban J connectivity index is 1.81. The Morgan fingerprint density at radius 3 is 2.64 bits per heavy atom. The summed E-state index contributed by atoms with van der Waals surface area (Å²) in [5, 5.41) is 2.10. The first-order valence-corrected chi connectivity index (χ1v) is 9.51. The summed E-state index contributed by atoms with van der Waals surface area (Å²) in [6, 6.07) is 5.77. The number of allylic oxidation sites excluding steroid dienone is 1. The van der Waals surface area contributed by atoms with Crippen molar-refractivity contribution >= 4 is 17.8 Å². The second-order valence-electron chi connectivity index (χ2n) is 6.71. The highest BCUT2D eigenvalue weighted by Gasteiger charge is 2.23. The van der Waals surface area contributed by atoms with Gasteiger partial charge in [-0.05, 0) is 42.9 Å². The number of rotatable bonds is 12. The van der Waals surface area contributed by atoms with E-state index in [1.165, 1.54) is 19.3 Å². The molecule has 0 aliphatic carbocycles. The molecule has 1 N–H and O–H groups in total. The fourth-order valence-corrected chi connectivity index (χ4v) is 3.00. The number of methoxy groups -OCH3 is 1. The van der Waals surface area contributed by atoms with Gasteiger partial charge in [-0.3, -0.25) is 19.7 Å². The van der Waals surface area contributed by atoms with Crippen LogP contribution < -0.4 is 10.1 Å². The van der Waals surface area contributed by atoms with Gasteiger partial charge in [0, 0.05) is 11.6 Å². The molecule has 0 bridgehead atoms. The number of unbranched alkanes of at least 4 members (excludes halogenated alkanes) is 4. The van der Waals surface area contributed by atoms with Crippen molar-refractivity contribution < 1.29 is 23.9 Å². The van der Waals surface area contributed by atoms with E-state index in [1.54, 1.807) is 7.11 Å². The van der Waals surface area contributed by atoms with E-state index in [0.717, 1.165) is 42.2 Å². The number of hydrogen-bond acceptors (Lipinski definition) is 5. The van der Waals surface area contributed by atoms with Crippen molar-refractivity contribution in [3.8, 4) is 5.75 Å². The molecule has 0 unspecified atom stereocenters. The number of esters is 1. The molecule has 0 atom stereocenters. The summed E-state index contributed by atoms with van der Waals surface area (Å²) in [5.41, 5.74) is 2.06. The molecule has 1 heterocycles. The fourth-order valence-electron chi connectivity index (χ4n) is 3.00. The lowest BCUT2D eigenvalue weighted by Crippen LogP contribution is -2.23. The minimum atomic E-state index is -0.557. The third kappa shape index (κ3) is 6.68. The Bertz CT molecular complexity index is 766. The number of carbonyl (C=O) groups is 3. The number of ether oxygens (including phenoxy) is 2. The van der Waals surface area contributed by atoms with Crippen molar-refractivity contribution in [2.24, 2.45) is 0 Å². The van der Waals surface area contributed by atoms with Crippen LogP contribution in [-0.2, 0) is 32.1 Å². The first-order chi connectivity index (χ1) is 13.5. The van der Waals surface area contributed by atoms with Gasteiger partial charge in [0.1, 0.15) is 12.4 Å². The summed E-state index contributed by atoms with van der Waals surface area (Å²) in [6.45, 7) is 3.82. The van der Waals surface area contributed by atoms with Crippen LogP contribution in [-0.4, -0.2) is 24.9 Å². The minimum absolute atomic E-state index is 0.0832. The van der Waals surface area contributed by atoms with E-state index >= 15 is 0 Å². The molecule has 28 heavy (non-hydrogen) atoms. The molecule has 0 fully saturated rings. The smallest absolute Gasteiger partial charge is 0.310 e. The molecule has 0 saturated carbocycles. The molecule has 6 nitrogen and oxygen atoms in total. The first-order valence-electron chi connectivity index (χ1n) is 9.51. The van der Waals surface area contributed by atoms with Gasteiger partial charge in [-0.25, -0.2) is 0 Å². The van der Waals surface area contributed by atoms with Gasteiger partial charge in [-0.15, -0.1) is 6.58 Å². The van der Waals surface area contributed by atoms with Gasteiger partial charge in [-0.1, -0.05) is 31.1 Å². The Morgan fingerprint density at radius 2 is 1.96 bits per heavy atom. The zero-order valence-electron chi connectivity index (χ0n) is 16.3. The highest BCUT2D eigenvalue weighted by molar-refractivity contribution is 6.17. The van der Waals surface area contributed by atoms with E-state index in [-0.39, 0.29) is 18.6 Å². The summed E-state index contributed by atoms with van der Waals surface area (Å²) in [5.74, 6) is -0.826. The highest BCUT2D eigenvalue weighted by Crippen LogP contribution is 2.23. The Morgan fingerprint density at radius 1 is 1.18 bits per heavy atom. The lowest BCUT2D eigenvalue weighted by molar-refractivity contribution is -0.144. The summed E-state index contributed by atoms with van der Waals surface area (Å²) >= 11 is 0. The van der Waals surface area contributed by atoms with Gasteiger partial charge < -0.3 is 9.47 Å². The maximum Gasteiger partial charge on any atom is 0.310 e. The number of amides is 2. The van der Waals surface area contributed by atoms with Crippen LogP contribution in [0.5, 0.6) is 5.75 Å². The van der Waals surface area contributed by atoms with Crippen LogP contribution in [0.2, 0.25) is 0 Å². The molecule has 2 rings (SSSR count). The SMILES string of the molecule is C=CCCCCCCc1ccc(COC(=O)CC2=CC(=O)NC2=O)cc1OC. The predicted octanol–water partition coefficient (Wildman–Crippen LogP) is 3.39. The number of imide groups is 1. The fraction of sp³-hybridized carbons (Fsp3) is 0.409. The van der Waals surface area contributed by atoms with Crippen molar-refractivity contribution in [3.63, 3.8) is 0 Å². The number of carbonyl (C=O) groups excluding carboxylic acids is 3. The van der Waals surface area contributed by atoms with Gasteiger partial charge in [-0.2, -0.15) is 0 Å². The Hall–Kier alpha value is -2.89. The molecule has 1 aromatic carbocycles. The maximum absolute atomic E-state index is 11.9. The van der Waals surface area contributed by atoms with E-state index < -0.39 is 17.8 Å². The van der Waals surface area contributed by atoms with Crippen LogP contribution in [0, 0.1) is 0 Å². The number of benzene rings is 1. The average Bonchev–Trinajstić information content (AvgIpc) is 3.00. The highest BCUT2D eigenvalue weighted by atomic mass is 16.5. The van der Waals surface area contributed by atoms with Crippen molar-refractivity contribution in [3.05, 3.63) is 53.6 Å². The van der Waals surface area contributed by atoms with Gasteiger partial charge in [0.15, 0.2) is 0 Å².